The molecular formula is C15H24N2O2S. The highest BCUT2D eigenvalue weighted by molar-refractivity contribution is 7.89. The first-order valence-corrected chi connectivity index (χ1v) is 8.77. The molecule has 1 aliphatic carbocycles. The van der Waals surface area contributed by atoms with E-state index in [-0.39, 0.29) is 6.04 Å². The summed E-state index contributed by atoms with van der Waals surface area (Å²) in [6.45, 7) is 4.74. The van der Waals surface area contributed by atoms with Crippen LogP contribution in [0.5, 0.6) is 0 Å². The van der Waals surface area contributed by atoms with Crippen molar-refractivity contribution in [1.29, 1.82) is 0 Å². The maximum absolute atomic E-state index is 12.4. The monoisotopic (exact) mass is 296 g/mol. The highest BCUT2D eigenvalue weighted by Gasteiger charge is 2.34. The van der Waals surface area contributed by atoms with Gasteiger partial charge in [0.2, 0.25) is 10.0 Å². The second-order valence-electron chi connectivity index (χ2n) is 5.68. The summed E-state index contributed by atoms with van der Waals surface area (Å²) in [6, 6.07) is 6.84. The van der Waals surface area contributed by atoms with Gasteiger partial charge in [-0.1, -0.05) is 32.4 Å². The summed E-state index contributed by atoms with van der Waals surface area (Å²) in [5, 5.41) is 0. The van der Waals surface area contributed by atoms with Gasteiger partial charge in [0.1, 0.15) is 0 Å². The Kier molecular flexibility index (Phi) is 4.83. The molecule has 1 fully saturated rings. The molecule has 0 bridgehead atoms. The highest BCUT2D eigenvalue weighted by atomic mass is 32.2. The zero-order chi connectivity index (χ0) is 14.8. The number of sulfonamides is 1. The summed E-state index contributed by atoms with van der Waals surface area (Å²) < 4.78 is 27.6. The van der Waals surface area contributed by atoms with Crippen LogP contribution in [0.25, 0.3) is 0 Å². The number of benzene rings is 1. The van der Waals surface area contributed by atoms with E-state index in [9.17, 15) is 8.42 Å². The van der Waals surface area contributed by atoms with Crippen molar-refractivity contribution in [2.75, 3.05) is 0 Å². The van der Waals surface area contributed by atoms with Crippen LogP contribution in [0, 0.1) is 11.8 Å². The van der Waals surface area contributed by atoms with Crippen molar-refractivity contribution in [1.82, 2.24) is 4.72 Å². The molecule has 3 unspecified atom stereocenters. The molecule has 20 heavy (non-hydrogen) atoms. The first kappa shape index (κ1) is 15.5. The van der Waals surface area contributed by atoms with Gasteiger partial charge in [0.25, 0.3) is 0 Å². The van der Waals surface area contributed by atoms with E-state index in [1.165, 1.54) is 0 Å². The maximum atomic E-state index is 12.4. The number of nitrogens with two attached hydrogens (primary N) is 1. The molecule has 0 amide bonds. The predicted molar refractivity (Wildman–Crippen MR) is 80.6 cm³/mol. The smallest absolute Gasteiger partial charge is 0.240 e. The number of hydrogen-bond donors (Lipinski definition) is 2. The Balaban J connectivity index is 2.11. The quantitative estimate of drug-likeness (QED) is 0.875. The van der Waals surface area contributed by atoms with Crippen molar-refractivity contribution in [3.8, 4) is 0 Å². The summed E-state index contributed by atoms with van der Waals surface area (Å²) in [7, 11) is -3.42. The van der Waals surface area contributed by atoms with Crippen molar-refractivity contribution in [2.45, 2.75) is 50.6 Å². The van der Waals surface area contributed by atoms with Gasteiger partial charge in [-0.2, -0.15) is 0 Å². The largest absolute Gasteiger partial charge is 0.326 e. The average molecular weight is 296 g/mol. The summed E-state index contributed by atoms with van der Waals surface area (Å²) in [4.78, 5) is 0.321. The molecule has 1 saturated carbocycles. The molecule has 2 rings (SSSR count). The Morgan fingerprint density at radius 2 is 1.90 bits per heavy atom. The summed E-state index contributed by atoms with van der Waals surface area (Å²) in [5.41, 5.74) is 6.46. The van der Waals surface area contributed by atoms with E-state index in [2.05, 4.69) is 18.6 Å². The molecule has 0 saturated heterocycles. The second kappa shape index (κ2) is 6.24. The minimum atomic E-state index is -3.42. The van der Waals surface area contributed by atoms with Crippen molar-refractivity contribution < 1.29 is 8.42 Å². The lowest BCUT2D eigenvalue weighted by atomic mass is 9.94. The SMILES string of the molecule is CCC1CCC(NS(=O)(=O)c2ccc(CN)cc2)C1C. The minimum Gasteiger partial charge on any atom is -0.326 e. The first-order valence-electron chi connectivity index (χ1n) is 7.29. The lowest BCUT2D eigenvalue weighted by molar-refractivity contribution is 0.368. The van der Waals surface area contributed by atoms with Crippen molar-refractivity contribution in [3.63, 3.8) is 0 Å². The zero-order valence-electron chi connectivity index (χ0n) is 12.2. The highest BCUT2D eigenvalue weighted by Crippen LogP contribution is 2.34. The molecule has 0 aliphatic heterocycles. The lowest BCUT2D eigenvalue weighted by Gasteiger charge is -2.21. The van der Waals surface area contributed by atoms with Crippen LogP contribution in [0.4, 0.5) is 0 Å². The predicted octanol–water partition coefficient (Wildman–Crippen LogP) is 2.25. The van der Waals surface area contributed by atoms with E-state index < -0.39 is 10.0 Å². The zero-order valence-corrected chi connectivity index (χ0v) is 13.0. The van der Waals surface area contributed by atoms with Gasteiger partial charge < -0.3 is 5.73 Å². The Morgan fingerprint density at radius 3 is 2.40 bits per heavy atom. The Morgan fingerprint density at radius 1 is 1.25 bits per heavy atom. The van der Waals surface area contributed by atoms with Crippen molar-refractivity contribution in [2.24, 2.45) is 17.6 Å². The molecule has 0 heterocycles. The normalized spacial score (nSPS) is 26.9. The molecule has 0 aromatic heterocycles. The fourth-order valence-corrected chi connectivity index (χ4v) is 4.42. The minimum absolute atomic E-state index is 0.0548. The molecule has 3 N–H and O–H groups in total. The van der Waals surface area contributed by atoms with Gasteiger partial charge in [0, 0.05) is 12.6 Å². The molecular weight excluding hydrogens is 272 g/mol. The maximum Gasteiger partial charge on any atom is 0.240 e. The van der Waals surface area contributed by atoms with Gasteiger partial charge in [-0.05, 0) is 42.4 Å². The van der Waals surface area contributed by atoms with E-state index in [1.54, 1.807) is 24.3 Å². The number of hydrogen-bond acceptors (Lipinski definition) is 3. The van der Waals surface area contributed by atoms with Gasteiger partial charge in [-0.15, -0.1) is 0 Å². The molecule has 1 aliphatic rings. The number of rotatable bonds is 5. The molecule has 1 aromatic rings. The summed E-state index contributed by atoms with van der Waals surface area (Å²) in [5.74, 6) is 1.03. The van der Waals surface area contributed by atoms with Crippen molar-refractivity contribution in [3.05, 3.63) is 29.8 Å². The third-order valence-corrected chi connectivity index (χ3v) is 6.03. The second-order valence-corrected chi connectivity index (χ2v) is 7.39. The van der Waals surface area contributed by atoms with Crippen LogP contribution < -0.4 is 10.5 Å². The molecule has 3 atom stereocenters. The van der Waals surface area contributed by atoms with Crippen molar-refractivity contribution >= 4 is 10.0 Å². The van der Waals surface area contributed by atoms with Gasteiger partial charge in [0.15, 0.2) is 0 Å². The molecule has 5 heteroatoms. The van der Waals surface area contributed by atoms with E-state index in [0.29, 0.717) is 23.3 Å². The standard InChI is InChI=1S/C15H24N2O2S/c1-3-13-6-9-15(11(13)2)17-20(18,19)14-7-4-12(10-16)5-8-14/h4-5,7-8,11,13,15,17H,3,6,9-10,16H2,1-2H3. The van der Waals surface area contributed by atoms with E-state index >= 15 is 0 Å². The molecule has 0 spiro atoms. The van der Waals surface area contributed by atoms with Gasteiger partial charge in [-0.3, -0.25) is 0 Å². The topological polar surface area (TPSA) is 72.2 Å². The summed E-state index contributed by atoms with van der Waals surface area (Å²) >= 11 is 0. The Hall–Kier alpha value is -0.910. The third kappa shape index (κ3) is 3.22. The Bertz CT molecular complexity index is 539. The summed E-state index contributed by atoms with van der Waals surface area (Å²) in [6.07, 6.45) is 3.15. The average Bonchev–Trinajstić information content (AvgIpc) is 2.79. The number of nitrogens with one attached hydrogen (secondary N) is 1. The van der Waals surface area contributed by atoms with Gasteiger partial charge in [-0.25, -0.2) is 13.1 Å². The van der Waals surface area contributed by atoms with Crippen LogP contribution in [0.2, 0.25) is 0 Å². The third-order valence-electron chi connectivity index (χ3n) is 4.53. The van der Waals surface area contributed by atoms with Crippen LogP contribution in [-0.4, -0.2) is 14.5 Å². The molecule has 1 aromatic carbocycles. The van der Waals surface area contributed by atoms with E-state index in [4.69, 9.17) is 5.73 Å². The fourth-order valence-electron chi connectivity index (χ4n) is 3.06. The van der Waals surface area contributed by atoms with Crippen LogP contribution in [-0.2, 0) is 16.6 Å². The molecule has 0 radical (unpaired) electrons. The lowest BCUT2D eigenvalue weighted by Crippen LogP contribution is -2.37. The van der Waals surface area contributed by atoms with Crippen LogP contribution in [0.1, 0.15) is 38.7 Å². The van der Waals surface area contributed by atoms with Crippen LogP contribution in [0.3, 0.4) is 0 Å². The molecule has 4 nitrogen and oxygen atoms in total. The van der Waals surface area contributed by atoms with Gasteiger partial charge >= 0.3 is 0 Å². The van der Waals surface area contributed by atoms with Crippen LogP contribution in [0.15, 0.2) is 29.2 Å². The van der Waals surface area contributed by atoms with Gasteiger partial charge in [0.05, 0.1) is 4.90 Å². The first-order chi connectivity index (χ1) is 9.47. The fraction of sp³-hybridized carbons (Fsp3) is 0.600. The van der Waals surface area contributed by atoms with E-state index in [1.807, 2.05) is 0 Å². The Labute approximate surface area is 121 Å². The van der Waals surface area contributed by atoms with E-state index in [0.717, 1.165) is 24.8 Å². The van der Waals surface area contributed by atoms with Crippen LogP contribution >= 0.6 is 0 Å². The molecule has 112 valence electrons.